The Balaban J connectivity index is 1.33. The summed E-state index contributed by atoms with van der Waals surface area (Å²) in [6, 6.07) is 14.0. The number of halogens is 1. The first-order valence-corrected chi connectivity index (χ1v) is 10.3. The van der Waals surface area contributed by atoms with E-state index in [1.807, 2.05) is 35.2 Å². The molecule has 4 rings (SSSR count). The number of likely N-dealkylation sites (tertiary alicyclic amines) is 1. The Labute approximate surface area is 175 Å². The van der Waals surface area contributed by atoms with E-state index in [2.05, 4.69) is 4.90 Å². The molecule has 7 heteroatoms. The average Bonchev–Trinajstić information content (AvgIpc) is 3.06. The van der Waals surface area contributed by atoms with Gasteiger partial charge in [-0.25, -0.2) is 4.39 Å². The zero-order valence-electron chi connectivity index (χ0n) is 17.1. The number of carbonyl (C=O) groups is 2. The number of rotatable bonds is 6. The number of anilines is 1. The van der Waals surface area contributed by atoms with E-state index in [4.69, 9.17) is 4.74 Å². The SMILES string of the molecule is COc1ccc(CCN2C(=O)C[C@@H](N3CCN(c4ccccc4F)CC3)C2=O)cc1. The van der Waals surface area contributed by atoms with Gasteiger partial charge in [-0.3, -0.25) is 19.4 Å². The molecule has 2 saturated heterocycles. The molecule has 2 fully saturated rings. The highest BCUT2D eigenvalue weighted by molar-refractivity contribution is 6.05. The van der Waals surface area contributed by atoms with E-state index >= 15 is 0 Å². The van der Waals surface area contributed by atoms with Crippen molar-refractivity contribution in [2.24, 2.45) is 0 Å². The third-order valence-corrected chi connectivity index (χ3v) is 5.95. The van der Waals surface area contributed by atoms with Crippen LogP contribution in [0.1, 0.15) is 12.0 Å². The van der Waals surface area contributed by atoms with E-state index in [-0.39, 0.29) is 24.1 Å². The van der Waals surface area contributed by atoms with Crippen LogP contribution in [-0.4, -0.2) is 67.5 Å². The summed E-state index contributed by atoms with van der Waals surface area (Å²) in [4.78, 5) is 30.8. The molecule has 2 amide bonds. The van der Waals surface area contributed by atoms with Gasteiger partial charge in [0, 0.05) is 32.7 Å². The van der Waals surface area contributed by atoms with Crippen LogP contribution in [0.25, 0.3) is 0 Å². The van der Waals surface area contributed by atoms with Gasteiger partial charge in [-0.2, -0.15) is 0 Å². The molecule has 0 spiro atoms. The molecule has 158 valence electrons. The van der Waals surface area contributed by atoms with Gasteiger partial charge in [-0.15, -0.1) is 0 Å². The Morgan fingerprint density at radius 2 is 1.70 bits per heavy atom. The van der Waals surface area contributed by atoms with Crippen molar-refractivity contribution in [3.05, 3.63) is 59.9 Å². The normalized spacial score (nSPS) is 20.1. The van der Waals surface area contributed by atoms with Gasteiger partial charge in [-0.1, -0.05) is 24.3 Å². The fourth-order valence-corrected chi connectivity index (χ4v) is 4.20. The van der Waals surface area contributed by atoms with Crippen LogP contribution in [0.4, 0.5) is 10.1 Å². The predicted molar refractivity (Wildman–Crippen MR) is 112 cm³/mol. The van der Waals surface area contributed by atoms with Gasteiger partial charge in [0.1, 0.15) is 11.6 Å². The number of methoxy groups -OCH3 is 1. The van der Waals surface area contributed by atoms with E-state index in [1.165, 1.54) is 11.0 Å². The summed E-state index contributed by atoms with van der Waals surface area (Å²) in [6.07, 6.45) is 0.844. The summed E-state index contributed by atoms with van der Waals surface area (Å²) in [5.74, 6) is 0.312. The maximum atomic E-state index is 14.0. The molecule has 0 radical (unpaired) electrons. The average molecular weight is 411 g/mol. The minimum absolute atomic E-state index is 0.116. The Morgan fingerprint density at radius 3 is 2.37 bits per heavy atom. The van der Waals surface area contributed by atoms with E-state index in [9.17, 15) is 14.0 Å². The minimum Gasteiger partial charge on any atom is -0.497 e. The van der Waals surface area contributed by atoms with Gasteiger partial charge in [0.05, 0.1) is 25.3 Å². The first kappa shape index (κ1) is 20.3. The van der Waals surface area contributed by atoms with Gasteiger partial charge in [0.25, 0.3) is 0 Å². The Hall–Kier alpha value is -2.93. The van der Waals surface area contributed by atoms with Crippen molar-refractivity contribution in [2.75, 3.05) is 44.7 Å². The van der Waals surface area contributed by atoms with E-state index in [1.54, 1.807) is 19.2 Å². The molecule has 0 aromatic heterocycles. The van der Waals surface area contributed by atoms with Crippen LogP contribution in [0.5, 0.6) is 5.75 Å². The van der Waals surface area contributed by atoms with Crippen molar-refractivity contribution in [3.8, 4) is 5.75 Å². The van der Waals surface area contributed by atoms with Crippen molar-refractivity contribution in [2.45, 2.75) is 18.9 Å². The standard InChI is InChI=1S/C23H26FN3O3/c1-30-18-8-6-17(7-9-18)10-11-27-22(28)16-21(23(27)29)26-14-12-25(13-15-26)20-5-3-2-4-19(20)24/h2-9,21H,10-16H2,1H3/t21-/m1/s1. The third kappa shape index (κ3) is 4.16. The summed E-state index contributed by atoms with van der Waals surface area (Å²) < 4.78 is 19.2. The smallest absolute Gasteiger partial charge is 0.247 e. The lowest BCUT2D eigenvalue weighted by Gasteiger charge is -2.38. The number of carbonyl (C=O) groups excluding carboxylic acids is 2. The zero-order valence-corrected chi connectivity index (χ0v) is 17.1. The Kier molecular flexibility index (Phi) is 5.99. The number of imide groups is 1. The second kappa shape index (κ2) is 8.83. The van der Waals surface area contributed by atoms with Crippen molar-refractivity contribution >= 4 is 17.5 Å². The zero-order chi connectivity index (χ0) is 21.1. The number of nitrogens with zero attached hydrogens (tertiary/aromatic N) is 3. The lowest BCUT2D eigenvalue weighted by Crippen LogP contribution is -2.52. The summed E-state index contributed by atoms with van der Waals surface area (Å²) in [6.45, 7) is 2.90. The predicted octanol–water partition coefficient (Wildman–Crippen LogP) is 2.33. The topological polar surface area (TPSA) is 53.1 Å². The molecule has 0 saturated carbocycles. The molecule has 6 nitrogen and oxygen atoms in total. The third-order valence-electron chi connectivity index (χ3n) is 5.95. The number of para-hydroxylation sites is 1. The molecule has 2 aliphatic rings. The van der Waals surface area contributed by atoms with Crippen LogP contribution < -0.4 is 9.64 Å². The van der Waals surface area contributed by atoms with Crippen LogP contribution in [0.3, 0.4) is 0 Å². The molecule has 0 bridgehead atoms. The lowest BCUT2D eigenvalue weighted by atomic mass is 10.1. The van der Waals surface area contributed by atoms with E-state index in [0.717, 1.165) is 11.3 Å². The quantitative estimate of drug-likeness (QED) is 0.683. The number of benzene rings is 2. The fraction of sp³-hybridized carbons (Fsp3) is 0.391. The molecule has 1 atom stereocenters. The number of hydrogen-bond donors (Lipinski definition) is 0. The maximum absolute atomic E-state index is 14.0. The van der Waals surface area contributed by atoms with Gasteiger partial charge < -0.3 is 9.64 Å². The highest BCUT2D eigenvalue weighted by Crippen LogP contribution is 2.24. The lowest BCUT2D eigenvalue weighted by molar-refractivity contribution is -0.139. The minimum atomic E-state index is -0.406. The summed E-state index contributed by atoms with van der Waals surface area (Å²) in [7, 11) is 1.62. The molecule has 2 aromatic carbocycles. The largest absolute Gasteiger partial charge is 0.497 e. The van der Waals surface area contributed by atoms with Crippen molar-refractivity contribution in [3.63, 3.8) is 0 Å². The molecule has 2 aliphatic heterocycles. The van der Waals surface area contributed by atoms with Crippen molar-refractivity contribution < 1.29 is 18.7 Å². The van der Waals surface area contributed by atoms with Crippen LogP contribution in [0.2, 0.25) is 0 Å². The maximum Gasteiger partial charge on any atom is 0.247 e. The second-order valence-corrected chi connectivity index (χ2v) is 7.68. The molecule has 0 unspecified atom stereocenters. The van der Waals surface area contributed by atoms with Gasteiger partial charge in [-0.05, 0) is 36.2 Å². The van der Waals surface area contributed by atoms with Crippen molar-refractivity contribution in [1.82, 2.24) is 9.80 Å². The van der Waals surface area contributed by atoms with E-state index < -0.39 is 6.04 Å². The van der Waals surface area contributed by atoms with Crippen molar-refractivity contribution in [1.29, 1.82) is 0 Å². The van der Waals surface area contributed by atoms with Crippen LogP contribution in [-0.2, 0) is 16.0 Å². The van der Waals surface area contributed by atoms with E-state index in [0.29, 0.717) is 44.8 Å². The van der Waals surface area contributed by atoms with Gasteiger partial charge >= 0.3 is 0 Å². The fourth-order valence-electron chi connectivity index (χ4n) is 4.20. The molecule has 2 aromatic rings. The van der Waals surface area contributed by atoms with Crippen LogP contribution in [0.15, 0.2) is 48.5 Å². The van der Waals surface area contributed by atoms with Crippen LogP contribution in [0, 0.1) is 5.82 Å². The molecular formula is C23H26FN3O3. The first-order valence-electron chi connectivity index (χ1n) is 10.3. The number of hydrogen-bond acceptors (Lipinski definition) is 5. The number of piperazine rings is 1. The first-order chi connectivity index (χ1) is 14.6. The van der Waals surface area contributed by atoms with Crippen LogP contribution >= 0.6 is 0 Å². The second-order valence-electron chi connectivity index (χ2n) is 7.68. The van der Waals surface area contributed by atoms with Gasteiger partial charge in [0.2, 0.25) is 11.8 Å². The molecule has 0 N–H and O–H groups in total. The summed E-state index contributed by atoms with van der Waals surface area (Å²) in [5, 5.41) is 0. The number of amides is 2. The highest BCUT2D eigenvalue weighted by Gasteiger charge is 2.42. The summed E-state index contributed by atoms with van der Waals surface area (Å²) >= 11 is 0. The number of ether oxygens (including phenoxy) is 1. The molecule has 30 heavy (non-hydrogen) atoms. The Morgan fingerprint density at radius 1 is 1.00 bits per heavy atom. The molecule has 2 heterocycles. The monoisotopic (exact) mass is 411 g/mol. The molecule has 0 aliphatic carbocycles. The summed E-state index contributed by atoms with van der Waals surface area (Å²) in [5.41, 5.74) is 1.64. The van der Waals surface area contributed by atoms with Gasteiger partial charge in [0.15, 0.2) is 0 Å². The Bertz CT molecular complexity index is 910. The highest BCUT2D eigenvalue weighted by atomic mass is 19.1. The molecular weight excluding hydrogens is 385 g/mol.